The molecule has 1 saturated heterocycles. The van der Waals surface area contributed by atoms with Crippen LogP contribution in [0.25, 0.3) is 0 Å². The number of hydrogen-bond acceptors (Lipinski definition) is 3. The number of anilines is 1. The van der Waals surface area contributed by atoms with E-state index in [1.165, 1.54) is 36.9 Å². The topological polar surface area (TPSA) is 49.4 Å². The molecule has 1 amide bonds. The Balaban J connectivity index is 1.55. The molecule has 0 spiro atoms. The summed E-state index contributed by atoms with van der Waals surface area (Å²) in [6.45, 7) is 7.99. The number of rotatable bonds is 3. The summed E-state index contributed by atoms with van der Waals surface area (Å²) in [6, 6.07) is 13.8. The molecule has 0 aromatic heterocycles. The van der Waals surface area contributed by atoms with Crippen LogP contribution in [0.1, 0.15) is 77.9 Å². The van der Waals surface area contributed by atoms with E-state index in [9.17, 15) is 9.59 Å². The Morgan fingerprint density at radius 3 is 2.59 bits per heavy atom. The van der Waals surface area contributed by atoms with Crippen molar-refractivity contribution in [2.75, 3.05) is 18.4 Å². The maximum atomic E-state index is 12.9. The first-order valence-electron chi connectivity index (χ1n) is 10.7. The van der Waals surface area contributed by atoms with Crippen molar-refractivity contribution in [3.8, 4) is 0 Å². The van der Waals surface area contributed by atoms with Crippen LogP contribution >= 0.6 is 0 Å². The van der Waals surface area contributed by atoms with Crippen LogP contribution in [-0.2, 0) is 6.42 Å². The molecule has 152 valence electrons. The predicted molar refractivity (Wildman–Crippen MR) is 116 cm³/mol. The molecule has 1 N–H and O–H groups in total. The number of carbonyl (C=O) groups excluding carboxylic acids is 2. The largest absolute Gasteiger partial charge is 0.322 e. The quantitative estimate of drug-likeness (QED) is 0.728. The summed E-state index contributed by atoms with van der Waals surface area (Å²) < 4.78 is 0. The van der Waals surface area contributed by atoms with Gasteiger partial charge < -0.3 is 5.32 Å². The lowest BCUT2D eigenvalue weighted by molar-refractivity contribution is 0.0858. The number of nitrogens with zero attached hydrogens (tertiary/aromatic N) is 1. The van der Waals surface area contributed by atoms with Crippen LogP contribution in [0, 0.1) is 5.41 Å². The molecule has 2 aromatic rings. The highest BCUT2D eigenvalue weighted by Crippen LogP contribution is 2.37. The smallest absolute Gasteiger partial charge is 0.255 e. The lowest BCUT2D eigenvalue weighted by atomic mass is 9.86. The normalized spacial score (nSPS) is 19.2. The van der Waals surface area contributed by atoms with Crippen LogP contribution in [0.15, 0.2) is 42.5 Å². The van der Waals surface area contributed by atoms with E-state index in [0.717, 1.165) is 18.7 Å². The third-order valence-electron chi connectivity index (χ3n) is 6.11. The first-order chi connectivity index (χ1) is 13.8. The summed E-state index contributed by atoms with van der Waals surface area (Å²) in [6.07, 6.45) is 4.83. The number of nitrogens with one attached hydrogen (secondary N) is 1. The Hall–Kier alpha value is -2.46. The van der Waals surface area contributed by atoms with E-state index in [1.54, 1.807) is 24.3 Å². The number of fused-ring (bicyclic) bond motifs is 3. The molecule has 2 aliphatic heterocycles. The zero-order valence-corrected chi connectivity index (χ0v) is 17.6. The fourth-order valence-electron chi connectivity index (χ4n) is 4.52. The number of piperidine rings is 1. The van der Waals surface area contributed by atoms with E-state index in [1.807, 2.05) is 26.8 Å². The minimum atomic E-state index is -0.473. The summed E-state index contributed by atoms with van der Waals surface area (Å²) in [5.74, 6) is -0.136. The van der Waals surface area contributed by atoms with Crippen molar-refractivity contribution >= 4 is 17.4 Å². The Kier molecular flexibility index (Phi) is 5.30. The van der Waals surface area contributed by atoms with E-state index in [-0.39, 0.29) is 11.7 Å². The number of benzene rings is 2. The highest BCUT2D eigenvalue weighted by Gasteiger charge is 2.29. The molecule has 2 heterocycles. The molecule has 4 heteroatoms. The van der Waals surface area contributed by atoms with Crippen molar-refractivity contribution in [1.82, 2.24) is 4.90 Å². The van der Waals surface area contributed by atoms with Crippen LogP contribution in [0.3, 0.4) is 0 Å². The van der Waals surface area contributed by atoms with E-state index in [2.05, 4.69) is 22.3 Å². The van der Waals surface area contributed by atoms with Gasteiger partial charge in [0, 0.05) is 34.8 Å². The molecule has 1 fully saturated rings. The molecule has 2 aromatic carbocycles. The van der Waals surface area contributed by atoms with E-state index in [4.69, 9.17) is 0 Å². The Bertz CT molecular complexity index is 942. The molecular formula is C25H30N2O2. The third-order valence-corrected chi connectivity index (χ3v) is 6.11. The summed E-state index contributed by atoms with van der Waals surface area (Å²) in [5, 5.41) is 3.04. The molecule has 0 radical (unpaired) electrons. The average Bonchev–Trinajstić information content (AvgIpc) is 2.72. The average molecular weight is 391 g/mol. The maximum Gasteiger partial charge on any atom is 0.255 e. The van der Waals surface area contributed by atoms with Gasteiger partial charge in [-0.2, -0.15) is 0 Å². The van der Waals surface area contributed by atoms with Gasteiger partial charge >= 0.3 is 0 Å². The van der Waals surface area contributed by atoms with Gasteiger partial charge in [-0.15, -0.1) is 0 Å². The minimum absolute atomic E-state index is 0.0401. The van der Waals surface area contributed by atoms with E-state index < -0.39 is 5.41 Å². The Morgan fingerprint density at radius 2 is 1.79 bits per heavy atom. The lowest BCUT2D eigenvalue weighted by Gasteiger charge is -2.40. The molecule has 1 atom stereocenters. The van der Waals surface area contributed by atoms with E-state index in [0.29, 0.717) is 17.2 Å². The summed E-state index contributed by atoms with van der Waals surface area (Å²) in [4.78, 5) is 28.0. The molecule has 4 rings (SSSR count). The fraction of sp³-hybridized carbons (Fsp3) is 0.440. The van der Waals surface area contributed by atoms with Crippen LogP contribution in [0.2, 0.25) is 0 Å². The number of ketones is 1. The van der Waals surface area contributed by atoms with Crippen molar-refractivity contribution in [1.29, 1.82) is 0 Å². The van der Waals surface area contributed by atoms with Crippen molar-refractivity contribution in [2.45, 2.75) is 52.5 Å². The monoisotopic (exact) mass is 390 g/mol. The summed E-state index contributed by atoms with van der Waals surface area (Å²) >= 11 is 0. The van der Waals surface area contributed by atoms with Gasteiger partial charge in [-0.05, 0) is 61.2 Å². The minimum Gasteiger partial charge on any atom is -0.322 e. The van der Waals surface area contributed by atoms with Crippen molar-refractivity contribution in [3.05, 3.63) is 64.7 Å². The fourth-order valence-corrected chi connectivity index (χ4v) is 4.52. The third kappa shape index (κ3) is 4.13. The zero-order chi connectivity index (χ0) is 20.6. The van der Waals surface area contributed by atoms with Gasteiger partial charge in [-0.25, -0.2) is 0 Å². The zero-order valence-electron chi connectivity index (χ0n) is 17.6. The summed E-state index contributed by atoms with van der Waals surface area (Å²) in [7, 11) is 0. The van der Waals surface area contributed by atoms with Crippen LogP contribution in [0.4, 0.5) is 5.69 Å². The second kappa shape index (κ2) is 7.75. The van der Waals surface area contributed by atoms with Gasteiger partial charge in [0.1, 0.15) is 0 Å². The Labute approximate surface area is 173 Å². The molecule has 4 nitrogen and oxygen atoms in total. The van der Waals surface area contributed by atoms with Crippen LogP contribution < -0.4 is 5.32 Å². The second-order valence-corrected chi connectivity index (χ2v) is 9.33. The van der Waals surface area contributed by atoms with Gasteiger partial charge in [0.05, 0.1) is 0 Å². The van der Waals surface area contributed by atoms with Gasteiger partial charge in [-0.1, -0.05) is 45.4 Å². The highest BCUT2D eigenvalue weighted by molar-refractivity contribution is 6.07. The second-order valence-electron chi connectivity index (χ2n) is 9.33. The highest BCUT2D eigenvalue weighted by atomic mass is 16.1. The molecule has 2 aliphatic rings. The summed E-state index contributed by atoms with van der Waals surface area (Å²) in [5.41, 5.74) is 4.22. The van der Waals surface area contributed by atoms with Gasteiger partial charge in [0.2, 0.25) is 0 Å². The number of amides is 1. The predicted octanol–water partition coefficient (Wildman–Crippen LogP) is 5.25. The molecule has 0 saturated carbocycles. The SMILES string of the molecule is CC(C)(C)C(=O)c1cccc(C(=O)Nc2ccc3c(c2)C2CCCCN2CC3)c1. The Morgan fingerprint density at radius 1 is 1.00 bits per heavy atom. The lowest BCUT2D eigenvalue weighted by Crippen LogP contribution is -2.38. The van der Waals surface area contributed by atoms with E-state index >= 15 is 0 Å². The number of hydrogen-bond donors (Lipinski definition) is 1. The molecule has 1 unspecified atom stereocenters. The number of carbonyl (C=O) groups is 2. The molecule has 0 bridgehead atoms. The van der Waals surface area contributed by atoms with Crippen molar-refractivity contribution in [3.63, 3.8) is 0 Å². The first-order valence-corrected chi connectivity index (χ1v) is 10.7. The van der Waals surface area contributed by atoms with Gasteiger partial charge in [0.15, 0.2) is 5.78 Å². The molecule has 29 heavy (non-hydrogen) atoms. The van der Waals surface area contributed by atoms with Crippen molar-refractivity contribution < 1.29 is 9.59 Å². The number of Topliss-reactive ketones (excluding diaryl/α,β-unsaturated/α-hetero) is 1. The molecular weight excluding hydrogens is 360 g/mol. The van der Waals surface area contributed by atoms with Crippen LogP contribution in [0.5, 0.6) is 0 Å². The van der Waals surface area contributed by atoms with Gasteiger partial charge in [-0.3, -0.25) is 14.5 Å². The standard InChI is InChI=1S/C25H30N2O2/c1-25(2,3)23(28)18-7-6-8-19(15-18)24(29)26-20-11-10-17-12-14-27-13-5-4-9-22(27)21(17)16-20/h6-8,10-11,15-16,22H,4-5,9,12-14H2,1-3H3,(H,26,29). The van der Waals surface area contributed by atoms with Gasteiger partial charge in [0.25, 0.3) is 5.91 Å². The van der Waals surface area contributed by atoms with Crippen molar-refractivity contribution in [2.24, 2.45) is 5.41 Å². The van der Waals surface area contributed by atoms with Crippen LogP contribution in [-0.4, -0.2) is 29.7 Å². The first kappa shape index (κ1) is 19.8. The maximum absolute atomic E-state index is 12.9. The molecule has 0 aliphatic carbocycles.